The van der Waals surface area contributed by atoms with Gasteiger partial charge in [0.2, 0.25) is 0 Å². The molecule has 1 aliphatic carbocycles. The van der Waals surface area contributed by atoms with Crippen molar-refractivity contribution in [2.45, 2.75) is 25.8 Å². The molecule has 54 valence electrons. The molecule has 1 rings (SSSR count). The van der Waals surface area contributed by atoms with Crippen molar-refractivity contribution < 1.29 is 0 Å². The van der Waals surface area contributed by atoms with E-state index in [1.807, 2.05) is 0 Å². The second-order valence-corrected chi connectivity index (χ2v) is 2.90. The van der Waals surface area contributed by atoms with E-state index < -0.39 is 0 Å². The van der Waals surface area contributed by atoms with Crippen LogP contribution in [0, 0.1) is 5.92 Å². The first kappa shape index (κ1) is 7.03. The Morgan fingerprint density at radius 2 is 2.33 bits per heavy atom. The van der Waals surface area contributed by atoms with Crippen molar-refractivity contribution in [3.63, 3.8) is 0 Å². The van der Waals surface area contributed by atoms with Gasteiger partial charge in [-0.3, -0.25) is 0 Å². The molecule has 0 aliphatic heterocycles. The van der Waals surface area contributed by atoms with Crippen molar-refractivity contribution in [2.24, 2.45) is 11.7 Å². The van der Waals surface area contributed by atoms with Crippen LogP contribution in [0.3, 0.4) is 0 Å². The van der Waals surface area contributed by atoms with E-state index in [9.17, 15) is 0 Å². The Labute approximate surface area is 56.8 Å². The van der Waals surface area contributed by atoms with Crippen LogP contribution >= 0.6 is 0 Å². The monoisotopic (exact) mass is 128 g/mol. The van der Waals surface area contributed by atoms with Crippen LogP contribution in [0.2, 0.25) is 0 Å². The van der Waals surface area contributed by atoms with Gasteiger partial charge < -0.3 is 11.1 Å². The summed E-state index contributed by atoms with van der Waals surface area (Å²) in [4.78, 5) is 0. The minimum Gasteiger partial charge on any atom is -0.329 e. The van der Waals surface area contributed by atoms with E-state index in [0.717, 1.165) is 25.0 Å². The van der Waals surface area contributed by atoms with Crippen LogP contribution in [0.25, 0.3) is 0 Å². The molecule has 2 heteroatoms. The smallest absolute Gasteiger partial charge is 0.00933 e. The van der Waals surface area contributed by atoms with Crippen LogP contribution in [0.4, 0.5) is 0 Å². The van der Waals surface area contributed by atoms with Gasteiger partial charge in [-0.25, -0.2) is 0 Å². The molecule has 0 spiro atoms. The molecule has 0 saturated heterocycles. The minimum atomic E-state index is 0.767. The molecule has 9 heavy (non-hydrogen) atoms. The number of rotatable bonds is 3. The van der Waals surface area contributed by atoms with Crippen LogP contribution in [-0.4, -0.2) is 19.1 Å². The summed E-state index contributed by atoms with van der Waals surface area (Å²) in [6.07, 6.45) is 2.74. The quantitative estimate of drug-likeness (QED) is 0.575. The lowest BCUT2D eigenvalue weighted by atomic mass is 9.81. The number of nitrogens with two attached hydrogens (primary N) is 1. The van der Waals surface area contributed by atoms with Crippen molar-refractivity contribution in [1.82, 2.24) is 5.32 Å². The molecule has 2 unspecified atom stereocenters. The molecule has 0 radical (unpaired) electrons. The molecule has 0 aromatic carbocycles. The Hall–Kier alpha value is -0.0800. The third-order valence-electron chi connectivity index (χ3n) is 2.17. The Kier molecular flexibility index (Phi) is 2.49. The Morgan fingerprint density at radius 3 is 2.67 bits per heavy atom. The molecular formula is C7H16N2. The fourth-order valence-electron chi connectivity index (χ4n) is 1.24. The summed E-state index contributed by atoms with van der Waals surface area (Å²) < 4.78 is 0. The summed E-state index contributed by atoms with van der Waals surface area (Å²) in [5.74, 6) is 0.886. The van der Waals surface area contributed by atoms with Gasteiger partial charge in [0.15, 0.2) is 0 Å². The summed E-state index contributed by atoms with van der Waals surface area (Å²) in [6.45, 7) is 4.04. The van der Waals surface area contributed by atoms with Gasteiger partial charge in [-0.1, -0.05) is 6.92 Å². The number of nitrogens with one attached hydrogen (secondary N) is 1. The van der Waals surface area contributed by atoms with E-state index in [4.69, 9.17) is 5.73 Å². The van der Waals surface area contributed by atoms with Crippen LogP contribution < -0.4 is 11.1 Å². The Bertz CT molecular complexity index is 83.0. The van der Waals surface area contributed by atoms with E-state index >= 15 is 0 Å². The highest BCUT2D eigenvalue weighted by molar-refractivity contribution is 4.83. The van der Waals surface area contributed by atoms with Gasteiger partial charge >= 0.3 is 0 Å². The summed E-state index contributed by atoms with van der Waals surface area (Å²) in [7, 11) is 0. The maximum Gasteiger partial charge on any atom is 0.00933 e. The lowest BCUT2D eigenvalue weighted by Crippen LogP contribution is -2.44. The van der Waals surface area contributed by atoms with E-state index in [2.05, 4.69) is 12.2 Å². The van der Waals surface area contributed by atoms with Crippen molar-refractivity contribution in [2.75, 3.05) is 13.1 Å². The van der Waals surface area contributed by atoms with Crippen LogP contribution in [0.1, 0.15) is 19.8 Å². The summed E-state index contributed by atoms with van der Waals surface area (Å²) in [6, 6.07) is 0.772. The molecule has 1 aliphatic rings. The number of hydrogen-bond donors (Lipinski definition) is 2. The van der Waals surface area contributed by atoms with Gasteiger partial charge in [0, 0.05) is 19.1 Å². The lowest BCUT2D eigenvalue weighted by molar-refractivity contribution is 0.232. The zero-order valence-electron chi connectivity index (χ0n) is 6.06. The van der Waals surface area contributed by atoms with E-state index in [0.29, 0.717) is 0 Å². The molecular weight excluding hydrogens is 112 g/mol. The fourth-order valence-corrected chi connectivity index (χ4v) is 1.24. The zero-order chi connectivity index (χ0) is 6.69. The maximum atomic E-state index is 5.34. The summed E-state index contributed by atoms with van der Waals surface area (Å²) >= 11 is 0. The molecule has 3 N–H and O–H groups in total. The molecule has 1 fully saturated rings. The largest absolute Gasteiger partial charge is 0.329 e. The molecule has 0 heterocycles. The first-order valence-electron chi connectivity index (χ1n) is 3.78. The molecule has 0 aromatic rings. The molecule has 0 aromatic heterocycles. The van der Waals surface area contributed by atoms with Gasteiger partial charge in [-0.15, -0.1) is 0 Å². The standard InChI is InChI=1S/C7H16N2/c1-6-2-3-7(6)9-5-4-8/h6-7,9H,2-5,8H2,1H3. The fraction of sp³-hybridized carbons (Fsp3) is 1.00. The van der Waals surface area contributed by atoms with Crippen LogP contribution in [-0.2, 0) is 0 Å². The van der Waals surface area contributed by atoms with Crippen molar-refractivity contribution in [3.8, 4) is 0 Å². The predicted molar refractivity (Wildman–Crippen MR) is 39.2 cm³/mol. The Morgan fingerprint density at radius 1 is 1.56 bits per heavy atom. The SMILES string of the molecule is CC1CCC1NCCN. The first-order valence-corrected chi connectivity index (χ1v) is 3.78. The normalized spacial score (nSPS) is 34.0. The summed E-state index contributed by atoms with van der Waals surface area (Å²) in [5, 5.41) is 3.39. The van der Waals surface area contributed by atoms with Crippen LogP contribution in [0.15, 0.2) is 0 Å². The summed E-state index contributed by atoms with van der Waals surface area (Å²) in [5.41, 5.74) is 5.34. The van der Waals surface area contributed by atoms with Crippen molar-refractivity contribution in [1.29, 1.82) is 0 Å². The van der Waals surface area contributed by atoms with E-state index in [1.165, 1.54) is 12.8 Å². The maximum absolute atomic E-state index is 5.34. The number of hydrogen-bond acceptors (Lipinski definition) is 2. The van der Waals surface area contributed by atoms with Crippen molar-refractivity contribution >= 4 is 0 Å². The third-order valence-corrected chi connectivity index (χ3v) is 2.17. The zero-order valence-corrected chi connectivity index (χ0v) is 6.06. The van der Waals surface area contributed by atoms with Crippen molar-refractivity contribution in [3.05, 3.63) is 0 Å². The van der Waals surface area contributed by atoms with Gasteiger partial charge in [0.05, 0.1) is 0 Å². The van der Waals surface area contributed by atoms with Gasteiger partial charge in [-0.05, 0) is 18.8 Å². The highest BCUT2D eigenvalue weighted by Gasteiger charge is 2.25. The molecule has 2 nitrogen and oxygen atoms in total. The van der Waals surface area contributed by atoms with E-state index in [1.54, 1.807) is 0 Å². The second-order valence-electron chi connectivity index (χ2n) is 2.90. The lowest BCUT2D eigenvalue weighted by Gasteiger charge is -2.34. The third kappa shape index (κ3) is 1.66. The Balaban J connectivity index is 1.99. The van der Waals surface area contributed by atoms with Gasteiger partial charge in [0.25, 0.3) is 0 Å². The highest BCUT2D eigenvalue weighted by Crippen LogP contribution is 2.25. The molecule has 2 atom stereocenters. The van der Waals surface area contributed by atoms with Crippen LogP contribution in [0.5, 0.6) is 0 Å². The molecule has 0 amide bonds. The second kappa shape index (κ2) is 3.18. The predicted octanol–water partition coefficient (Wildman–Crippen LogP) is 0.333. The van der Waals surface area contributed by atoms with Gasteiger partial charge in [-0.2, -0.15) is 0 Å². The topological polar surface area (TPSA) is 38.0 Å². The minimum absolute atomic E-state index is 0.767. The average molecular weight is 128 g/mol. The molecule has 0 bridgehead atoms. The van der Waals surface area contributed by atoms with Gasteiger partial charge in [0.1, 0.15) is 0 Å². The highest BCUT2D eigenvalue weighted by atomic mass is 14.9. The molecule has 1 saturated carbocycles. The average Bonchev–Trinajstić information content (AvgIpc) is 1.86. The van der Waals surface area contributed by atoms with E-state index in [-0.39, 0.29) is 0 Å². The first-order chi connectivity index (χ1) is 4.34.